The van der Waals surface area contributed by atoms with E-state index < -0.39 is 11.7 Å². The third-order valence-electron chi connectivity index (χ3n) is 5.17. The molecule has 3 rings (SSSR count). The van der Waals surface area contributed by atoms with E-state index in [4.69, 9.17) is 5.73 Å². The van der Waals surface area contributed by atoms with Gasteiger partial charge in [-0.25, -0.2) is 9.59 Å². The Morgan fingerprint density at radius 2 is 1.74 bits per heavy atom. The highest BCUT2D eigenvalue weighted by Gasteiger charge is 2.19. The Kier molecular flexibility index (Phi) is 8.41. The second kappa shape index (κ2) is 10.4. The van der Waals surface area contributed by atoms with Gasteiger partial charge in [0.25, 0.3) is 5.56 Å². The van der Waals surface area contributed by atoms with Crippen molar-refractivity contribution in [2.24, 2.45) is 19.8 Å². The number of hydrogen-bond donors (Lipinski definition) is 2. The summed E-state index contributed by atoms with van der Waals surface area (Å²) in [6, 6.07) is 0. The van der Waals surface area contributed by atoms with Crippen molar-refractivity contribution >= 4 is 28.9 Å². The quantitative estimate of drug-likeness (QED) is 0.686. The lowest BCUT2D eigenvalue weighted by atomic mass is 10.1. The van der Waals surface area contributed by atoms with Crippen LogP contribution in [-0.2, 0) is 25.3 Å². The maximum Gasteiger partial charge on any atom is 0.405 e. The van der Waals surface area contributed by atoms with Gasteiger partial charge < -0.3 is 20.4 Å². The summed E-state index contributed by atoms with van der Waals surface area (Å²) in [5.74, 6) is 0. The van der Waals surface area contributed by atoms with Crippen LogP contribution in [0, 0.1) is 0 Å². The molecule has 0 aromatic carbocycles. The number of carbonyl (C=O) groups excluding carboxylic acids is 1. The van der Waals surface area contributed by atoms with E-state index >= 15 is 0 Å². The molecular formula is C21H35N5O4S. The number of amides is 1. The molecule has 9 nitrogen and oxygen atoms in total. The van der Waals surface area contributed by atoms with E-state index in [0.717, 1.165) is 46.7 Å². The molecule has 1 fully saturated rings. The molecule has 174 valence electrons. The van der Waals surface area contributed by atoms with Crippen molar-refractivity contribution < 1.29 is 9.53 Å². The summed E-state index contributed by atoms with van der Waals surface area (Å²) in [5.41, 5.74) is 6.08. The molecule has 3 heterocycles. The minimum Gasteiger partial charge on any atom is -0.444 e. The Morgan fingerprint density at radius 1 is 1.13 bits per heavy atom. The predicted octanol–water partition coefficient (Wildman–Crippen LogP) is 2.20. The van der Waals surface area contributed by atoms with E-state index in [1.807, 2.05) is 6.26 Å². The number of likely N-dealkylation sites (tertiary alicyclic amines) is 1. The molecule has 0 spiro atoms. The molecule has 2 aromatic rings. The average molecular weight is 454 g/mol. The lowest BCUT2D eigenvalue weighted by Crippen LogP contribution is -2.36. The second-order valence-corrected chi connectivity index (χ2v) is 9.57. The number of H-pyrrole nitrogens is 1. The van der Waals surface area contributed by atoms with Crippen LogP contribution in [0.15, 0.2) is 14.5 Å². The first kappa shape index (κ1) is 25.1. The normalized spacial score (nSPS) is 14.9. The van der Waals surface area contributed by atoms with E-state index in [2.05, 4.69) is 14.6 Å². The van der Waals surface area contributed by atoms with Crippen molar-refractivity contribution in [1.82, 2.24) is 19.0 Å². The van der Waals surface area contributed by atoms with Crippen molar-refractivity contribution in [2.75, 3.05) is 25.9 Å². The summed E-state index contributed by atoms with van der Waals surface area (Å²) in [4.78, 5) is 41.4. The van der Waals surface area contributed by atoms with Gasteiger partial charge in [-0.05, 0) is 53.0 Å². The molecule has 1 saturated heterocycles. The summed E-state index contributed by atoms with van der Waals surface area (Å²) >= 11 is 1.60. The van der Waals surface area contributed by atoms with Crippen molar-refractivity contribution in [3.05, 3.63) is 26.5 Å². The van der Waals surface area contributed by atoms with E-state index in [0.29, 0.717) is 5.52 Å². The summed E-state index contributed by atoms with van der Waals surface area (Å²) in [5, 5.41) is 0. The zero-order chi connectivity index (χ0) is 23.3. The lowest BCUT2D eigenvalue weighted by Gasteiger charge is -2.26. The zero-order valence-corrected chi connectivity index (χ0v) is 20.2. The summed E-state index contributed by atoms with van der Waals surface area (Å²) in [6.07, 6.45) is 6.03. The molecule has 1 aliphatic rings. The summed E-state index contributed by atoms with van der Waals surface area (Å²) in [7, 11) is 3.25. The number of fused-ring (bicyclic) bond motifs is 1. The fourth-order valence-corrected chi connectivity index (χ4v) is 4.56. The van der Waals surface area contributed by atoms with Crippen LogP contribution in [0.25, 0.3) is 11.0 Å². The van der Waals surface area contributed by atoms with Crippen LogP contribution in [0.2, 0.25) is 0 Å². The van der Waals surface area contributed by atoms with Crippen LogP contribution >= 0.6 is 11.8 Å². The lowest BCUT2D eigenvalue weighted by molar-refractivity contribution is 0.0600. The average Bonchev–Trinajstić information content (AvgIpc) is 3.07. The minimum atomic E-state index is -0.725. The zero-order valence-electron chi connectivity index (χ0n) is 19.4. The number of primary amides is 1. The molecule has 10 heteroatoms. The topological polar surface area (TPSA) is 115 Å². The predicted molar refractivity (Wildman–Crippen MR) is 125 cm³/mol. The highest BCUT2D eigenvalue weighted by molar-refractivity contribution is 7.98. The number of aromatic amines is 1. The number of thioether (sulfide) groups is 1. The Labute approximate surface area is 186 Å². The Morgan fingerprint density at radius 3 is 2.23 bits per heavy atom. The smallest absolute Gasteiger partial charge is 0.405 e. The van der Waals surface area contributed by atoms with Gasteiger partial charge in [0, 0.05) is 32.8 Å². The first-order valence-electron chi connectivity index (χ1n) is 10.5. The maximum atomic E-state index is 12.4. The van der Waals surface area contributed by atoms with E-state index in [1.54, 1.807) is 44.1 Å². The van der Waals surface area contributed by atoms with Crippen molar-refractivity contribution in [3.8, 4) is 0 Å². The van der Waals surface area contributed by atoms with Crippen molar-refractivity contribution in [2.45, 2.75) is 57.0 Å². The van der Waals surface area contributed by atoms with Gasteiger partial charge in [0.1, 0.15) is 11.1 Å². The highest BCUT2D eigenvalue weighted by atomic mass is 32.2. The molecule has 2 aromatic heterocycles. The first-order chi connectivity index (χ1) is 14.5. The SMILES string of the molecule is CC(C)(C)OC(N)=O.CSc1c(CCN2CCCCC2)[nH]c2c(=O)n(C)c(=O)n(C)c12. The molecule has 0 saturated carbocycles. The Bertz CT molecular complexity index is 1030. The fraction of sp³-hybridized carbons (Fsp3) is 0.667. The monoisotopic (exact) mass is 453 g/mol. The third kappa shape index (κ3) is 6.39. The maximum absolute atomic E-state index is 12.4. The van der Waals surface area contributed by atoms with Crippen LogP contribution in [0.1, 0.15) is 45.7 Å². The van der Waals surface area contributed by atoms with Gasteiger partial charge in [0.05, 0.1) is 10.4 Å². The molecule has 1 amide bonds. The number of ether oxygens (including phenoxy) is 1. The van der Waals surface area contributed by atoms with Gasteiger partial charge in [-0.1, -0.05) is 6.42 Å². The standard InChI is InChI=1S/C16H24N4O2S.C5H11NO2/c1-18-13-12(15(21)19(2)16(18)22)17-11(14(13)23-3)7-10-20-8-5-4-6-9-20;1-5(2,3)8-4(6)7/h17H,4-10H2,1-3H3;1-3H3,(H2,6,7). The first-order valence-corrected chi connectivity index (χ1v) is 11.7. The molecular weight excluding hydrogens is 418 g/mol. The van der Waals surface area contributed by atoms with Crippen LogP contribution in [0.3, 0.4) is 0 Å². The van der Waals surface area contributed by atoms with Crippen molar-refractivity contribution in [1.29, 1.82) is 0 Å². The van der Waals surface area contributed by atoms with Crippen LogP contribution in [0.5, 0.6) is 0 Å². The Balaban J connectivity index is 0.000000366. The number of aromatic nitrogens is 3. The van der Waals surface area contributed by atoms with Crippen LogP contribution in [-0.4, -0.2) is 56.6 Å². The van der Waals surface area contributed by atoms with E-state index in [9.17, 15) is 14.4 Å². The number of nitrogens with zero attached hydrogens (tertiary/aromatic N) is 3. The largest absolute Gasteiger partial charge is 0.444 e. The van der Waals surface area contributed by atoms with Gasteiger partial charge in [0.15, 0.2) is 0 Å². The molecule has 1 aliphatic heterocycles. The summed E-state index contributed by atoms with van der Waals surface area (Å²) in [6.45, 7) is 8.60. The fourth-order valence-electron chi connectivity index (χ4n) is 3.72. The number of nitrogens with two attached hydrogens (primary N) is 1. The Hall–Kier alpha value is -2.20. The van der Waals surface area contributed by atoms with Gasteiger partial charge in [-0.2, -0.15) is 0 Å². The molecule has 0 radical (unpaired) electrons. The number of carbonyl (C=O) groups is 1. The van der Waals surface area contributed by atoms with E-state index in [1.165, 1.54) is 26.3 Å². The molecule has 31 heavy (non-hydrogen) atoms. The molecule has 3 N–H and O–H groups in total. The number of hydrogen-bond acceptors (Lipinski definition) is 6. The third-order valence-corrected chi connectivity index (χ3v) is 6.02. The van der Waals surface area contributed by atoms with E-state index in [-0.39, 0.29) is 11.2 Å². The van der Waals surface area contributed by atoms with Gasteiger partial charge in [-0.3, -0.25) is 13.9 Å². The van der Waals surface area contributed by atoms with Crippen LogP contribution < -0.4 is 17.0 Å². The summed E-state index contributed by atoms with van der Waals surface area (Å²) < 4.78 is 7.31. The van der Waals surface area contributed by atoms with Crippen molar-refractivity contribution in [3.63, 3.8) is 0 Å². The van der Waals surface area contributed by atoms with Gasteiger partial charge in [0.2, 0.25) is 0 Å². The molecule has 0 bridgehead atoms. The highest BCUT2D eigenvalue weighted by Crippen LogP contribution is 2.28. The number of piperidine rings is 1. The van der Waals surface area contributed by atoms with Gasteiger partial charge >= 0.3 is 11.8 Å². The molecule has 0 atom stereocenters. The van der Waals surface area contributed by atoms with Gasteiger partial charge in [-0.15, -0.1) is 11.8 Å². The number of nitrogens with one attached hydrogen (secondary N) is 1. The number of aryl methyl sites for hydroxylation is 1. The van der Waals surface area contributed by atoms with Crippen LogP contribution in [0.4, 0.5) is 4.79 Å². The second-order valence-electron chi connectivity index (χ2n) is 8.75. The molecule has 0 aliphatic carbocycles. The number of rotatable bonds is 4. The molecule has 0 unspecified atom stereocenters. The minimum absolute atomic E-state index is 0.248.